The molecule has 1 heterocycles. The van der Waals surface area contributed by atoms with Gasteiger partial charge in [-0.05, 0) is 30.9 Å². The first-order valence-corrected chi connectivity index (χ1v) is 7.26. The highest BCUT2D eigenvalue weighted by Gasteiger charge is 2.33. The van der Waals surface area contributed by atoms with E-state index in [-0.39, 0.29) is 36.3 Å². The number of pyridine rings is 1. The molecular weight excluding hydrogens is 422 g/mol. The summed E-state index contributed by atoms with van der Waals surface area (Å²) >= 11 is 0. The van der Waals surface area contributed by atoms with Gasteiger partial charge in [0.2, 0.25) is 0 Å². The van der Waals surface area contributed by atoms with Crippen molar-refractivity contribution < 1.29 is 13.2 Å². The number of aliphatic imine (C=N–C) groups is 1. The lowest BCUT2D eigenvalue weighted by atomic mass is 9.86. The summed E-state index contributed by atoms with van der Waals surface area (Å²) in [5, 5.41) is 5.53. The number of nitrogens with zero attached hydrogens (tertiary/aromatic N) is 2. The molecule has 5 nitrogen and oxygen atoms in total. The van der Waals surface area contributed by atoms with Crippen molar-refractivity contribution in [2.45, 2.75) is 25.4 Å². The Balaban J connectivity index is 0.00000264. The van der Waals surface area contributed by atoms with Crippen molar-refractivity contribution in [3.8, 4) is 0 Å². The van der Waals surface area contributed by atoms with Crippen LogP contribution in [-0.2, 0) is 6.18 Å². The van der Waals surface area contributed by atoms with Gasteiger partial charge in [0.25, 0.3) is 0 Å². The van der Waals surface area contributed by atoms with E-state index in [9.17, 15) is 13.2 Å². The zero-order valence-electron chi connectivity index (χ0n) is 12.6. The molecule has 9 heteroatoms. The van der Waals surface area contributed by atoms with Crippen LogP contribution in [0.15, 0.2) is 23.3 Å². The minimum Gasteiger partial charge on any atom is -0.370 e. The number of nitrogens with one attached hydrogen (secondary N) is 2. The Bertz CT molecular complexity index is 517. The third kappa shape index (κ3) is 6.40. The quantitative estimate of drug-likeness (QED) is 0.274. The van der Waals surface area contributed by atoms with E-state index in [1.165, 1.54) is 31.5 Å². The molecule has 0 spiro atoms. The largest absolute Gasteiger partial charge is 0.419 e. The fourth-order valence-electron chi connectivity index (χ4n) is 2.11. The summed E-state index contributed by atoms with van der Waals surface area (Å²) in [7, 11) is 0. The Kier molecular flexibility index (Phi) is 7.86. The molecule has 0 saturated heterocycles. The number of anilines is 1. The molecule has 1 aliphatic rings. The summed E-state index contributed by atoms with van der Waals surface area (Å²) in [4.78, 5) is 7.93. The number of nitrogens with two attached hydrogens (primary N) is 1. The highest BCUT2D eigenvalue weighted by atomic mass is 127. The third-order valence-electron chi connectivity index (χ3n) is 3.58. The minimum absolute atomic E-state index is 0. The van der Waals surface area contributed by atoms with Crippen LogP contribution >= 0.6 is 24.0 Å². The van der Waals surface area contributed by atoms with Crippen LogP contribution in [0.3, 0.4) is 0 Å². The average molecular weight is 443 g/mol. The molecule has 4 N–H and O–H groups in total. The molecule has 0 aromatic carbocycles. The molecule has 130 valence electrons. The van der Waals surface area contributed by atoms with E-state index < -0.39 is 11.7 Å². The number of guanidine groups is 1. The second-order valence-corrected chi connectivity index (χ2v) is 5.27. The van der Waals surface area contributed by atoms with Gasteiger partial charge in [-0.3, -0.25) is 4.99 Å². The highest BCUT2D eigenvalue weighted by Crippen LogP contribution is 2.33. The summed E-state index contributed by atoms with van der Waals surface area (Å²) in [5.74, 6) is 0.772. The molecular formula is C14H21F3IN5. The summed E-state index contributed by atoms with van der Waals surface area (Å²) in [6.45, 7) is 1.35. The second-order valence-electron chi connectivity index (χ2n) is 5.27. The number of hydrogen-bond acceptors (Lipinski definition) is 3. The maximum Gasteiger partial charge on any atom is 0.419 e. The van der Waals surface area contributed by atoms with Gasteiger partial charge in [0.15, 0.2) is 5.96 Å². The molecule has 0 radical (unpaired) electrons. The predicted molar refractivity (Wildman–Crippen MR) is 95.0 cm³/mol. The number of hydrogen-bond donors (Lipinski definition) is 3. The second kappa shape index (κ2) is 9.14. The fourth-order valence-corrected chi connectivity index (χ4v) is 2.11. The third-order valence-corrected chi connectivity index (χ3v) is 3.58. The molecule has 23 heavy (non-hydrogen) atoms. The maximum absolute atomic E-state index is 12.8. The number of halogens is 4. The van der Waals surface area contributed by atoms with Crippen LogP contribution in [0, 0.1) is 5.92 Å². The fraction of sp³-hybridized carbons (Fsp3) is 0.571. The highest BCUT2D eigenvalue weighted by molar-refractivity contribution is 14.0. The SMILES string of the molecule is I.NC(=NCC1CCC1)NCCNc1ncccc1C(F)(F)F. The Morgan fingerprint density at radius 1 is 1.35 bits per heavy atom. The van der Waals surface area contributed by atoms with Gasteiger partial charge < -0.3 is 16.4 Å². The van der Waals surface area contributed by atoms with Gasteiger partial charge in [-0.1, -0.05) is 6.42 Å². The molecule has 1 aromatic heterocycles. The number of alkyl halides is 3. The summed E-state index contributed by atoms with van der Waals surface area (Å²) in [5.41, 5.74) is 4.92. The lowest BCUT2D eigenvalue weighted by molar-refractivity contribution is -0.137. The minimum atomic E-state index is -4.42. The smallest absolute Gasteiger partial charge is 0.370 e. The Morgan fingerprint density at radius 3 is 2.70 bits per heavy atom. The molecule has 1 saturated carbocycles. The first-order chi connectivity index (χ1) is 10.5. The monoisotopic (exact) mass is 443 g/mol. The van der Waals surface area contributed by atoms with Crippen molar-refractivity contribution in [3.63, 3.8) is 0 Å². The van der Waals surface area contributed by atoms with E-state index in [0.29, 0.717) is 25.0 Å². The van der Waals surface area contributed by atoms with Gasteiger partial charge in [-0.15, -0.1) is 24.0 Å². The molecule has 0 amide bonds. The zero-order chi connectivity index (χ0) is 16.0. The van der Waals surface area contributed by atoms with Crippen LogP contribution in [0.2, 0.25) is 0 Å². The lowest BCUT2D eigenvalue weighted by Gasteiger charge is -2.23. The average Bonchev–Trinajstić information content (AvgIpc) is 2.41. The number of aromatic nitrogens is 1. The van der Waals surface area contributed by atoms with Crippen LogP contribution in [0.25, 0.3) is 0 Å². The Labute approximate surface area is 150 Å². The van der Waals surface area contributed by atoms with Gasteiger partial charge >= 0.3 is 6.18 Å². The van der Waals surface area contributed by atoms with Gasteiger partial charge in [-0.2, -0.15) is 13.2 Å². The van der Waals surface area contributed by atoms with E-state index in [2.05, 4.69) is 20.6 Å². The van der Waals surface area contributed by atoms with Crippen molar-refractivity contribution in [3.05, 3.63) is 23.9 Å². The van der Waals surface area contributed by atoms with Crippen molar-refractivity contribution in [2.75, 3.05) is 25.0 Å². The predicted octanol–water partition coefficient (Wildman–Crippen LogP) is 2.83. The Hall–Kier alpha value is -1.26. The van der Waals surface area contributed by atoms with Crippen LogP contribution in [0.5, 0.6) is 0 Å². The van der Waals surface area contributed by atoms with E-state index in [1.54, 1.807) is 0 Å². The van der Waals surface area contributed by atoms with E-state index >= 15 is 0 Å². The molecule has 0 aliphatic heterocycles. The van der Waals surface area contributed by atoms with E-state index in [4.69, 9.17) is 5.73 Å². The van der Waals surface area contributed by atoms with Crippen molar-refractivity contribution in [1.82, 2.24) is 10.3 Å². The molecule has 0 atom stereocenters. The first kappa shape index (κ1) is 19.8. The number of rotatable bonds is 6. The first-order valence-electron chi connectivity index (χ1n) is 7.26. The van der Waals surface area contributed by atoms with Crippen molar-refractivity contribution >= 4 is 35.8 Å². The lowest BCUT2D eigenvalue weighted by Crippen LogP contribution is -2.36. The standard InChI is InChI=1S/C14H20F3N5.HI/c15-14(16,17)11-5-2-6-19-12(11)20-7-8-21-13(18)22-9-10-3-1-4-10;/h2,5-6,10H,1,3-4,7-9H2,(H,19,20)(H3,18,21,22);1H. The molecule has 1 aliphatic carbocycles. The van der Waals surface area contributed by atoms with E-state index in [1.807, 2.05) is 0 Å². The molecule has 1 aromatic rings. The topological polar surface area (TPSA) is 75.3 Å². The zero-order valence-corrected chi connectivity index (χ0v) is 14.9. The van der Waals surface area contributed by atoms with E-state index in [0.717, 1.165) is 6.07 Å². The summed E-state index contributed by atoms with van der Waals surface area (Å²) < 4.78 is 38.3. The van der Waals surface area contributed by atoms with Crippen LogP contribution in [0.4, 0.5) is 19.0 Å². The normalized spacial score (nSPS) is 15.5. The molecule has 0 unspecified atom stereocenters. The van der Waals surface area contributed by atoms with Gasteiger partial charge in [0.05, 0.1) is 5.56 Å². The molecule has 2 rings (SSSR count). The maximum atomic E-state index is 12.8. The molecule has 1 fully saturated rings. The van der Waals surface area contributed by atoms with Crippen molar-refractivity contribution in [2.24, 2.45) is 16.6 Å². The molecule has 0 bridgehead atoms. The van der Waals surface area contributed by atoms with Crippen LogP contribution in [0.1, 0.15) is 24.8 Å². The van der Waals surface area contributed by atoms with Gasteiger partial charge in [0.1, 0.15) is 5.82 Å². The van der Waals surface area contributed by atoms with Crippen molar-refractivity contribution in [1.29, 1.82) is 0 Å². The summed E-state index contributed by atoms with van der Waals surface area (Å²) in [6, 6.07) is 2.26. The Morgan fingerprint density at radius 2 is 2.09 bits per heavy atom. The van der Waals surface area contributed by atoms with Gasteiger partial charge in [0, 0.05) is 25.8 Å². The van der Waals surface area contributed by atoms with Crippen LogP contribution in [-0.4, -0.2) is 30.6 Å². The van der Waals surface area contributed by atoms with Crippen LogP contribution < -0.4 is 16.4 Å². The summed E-state index contributed by atoms with van der Waals surface area (Å²) in [6.07, 6.45) is 0.534. The van der Waals surface area contributed by atoms with Gasteiger partial charge in [-0.25, -0.2) is 4.98 Å².